The second-order valence-electron chi connectivity index (χ2n) is 7.98. The largest absolute Gasteiger partial charge is 0.493 e. The van der Waals surface area contributed by atoms with Crippen molar-refractivity contribution in [2.45, 2.75) is 12.8 Å². The van der Waals surface area contributed by atoms with Crippen LogP contribution in [0.4, 0.5) is 0 Å². The van der Waals surface area contributed by atoms with E-state index < -0.39 is 0 Å². The molecule has 3 heteroatoms. The molecule has 0 aromatic heterocycles. The first-order valence-electron chi connectivity index (χ1n) is 11.9. The molecule has 4 rings (SSSR count). The Balaban J connectivity index is 1.45. The van der Waals surface area contributed by atoms with Gasteiger partial charge in [-0.05, 0) is 46.5 Å². The van der Waals surface area contributed by atoms with Crippen LogP contribution in [0.3, 0.4) is 0 Å². The third-order valence-corrected chi connectivity index (χ3v) is 5.48. The average molecular weight is 463 g/mol. The number of rotatable bonds is 12. The van der Waals surface area contributed by atoms with Gasteiger partial charge < -0.3 is 14.2 Å². The van der Waals surface area contributed by atoms with Crippen LogP contribution >= 0.6 is 0 Å². The maximum absolute atomic E-state index is 6.04. The van der Waals surface area contributed by atoms with E-state index >= 15 is 0 Å². The SMILES string of the molecule is C(OC=C(CCOc1ccccc1)c1ccccc1)=C(CCOc1ccccc1)c1ccccc1. The van der Waals surface area contributed by atoms with Gasteiger partial charge in [-0.2, -0.15) is 0 Å². The summed E-state index contributed by atoms with van der Waals surface area (Å²) in [4.78, 5) is 0. The van der Waals surface area contributed by atoms with Gasteiger partial charge in [0.2, 0.25) is 0 Å². The fraction of sp³-hybridized carbons (Fsp3) is 0.125. The van der Waals surface area contributed by atoms with Crippen molar-refractivity contribution in [3.63, 3.8) is 0 Å². The Labute approximate surface area is 207 Å². The molecule has 0 aliphatic rings. The summed E-state index contributed by atoms with van der Waals surface area (Å²) < 4.78 is 17.9. The van der Waals surface area contributed by atoms with Crippen LogP contribution in [0, 0.1) is 0 Å². The Morgan fingerprint density at radius 2 is 0.800 bits per heavy atom. The minimum atomic E-state index is 0.564. The molecule has 0 saturated heterocycles. The molecule has 0 fully saturated rings. The molecule has 0 amide bonds. The van der Waals surface area contributed by atoms with Crippen molar-refractivity contribution in [3.05, 3.63) is 145 Å². The molecule has 35 heavy (non-hydrogen) atoms. The van der Waals surface area contributed by atoms with Gasteiger partial charge in [-0.3, -0.25) is 0 Å². The van der Waals surface area contributed by atoms with Crippen LogP contribution < -0.4 is 9.47 Å². The van der Waals surface area contributed by atoms with Crippen LogP contribution in [0.5, 0.6) is 11.5 Å². The third-order valence-electron chi connectivity index (χ3n) is 5.48. The lowest BCUT2D eigenvalue weighted by atomic mass is 10.0. The van der Waals surface area contributed by atoms with E-state index in [-0.39, 0.29) is 0 Å². The second kappa shape index (κ2) is 13.5. The Morgan fingerprint density at radius 3 is 1.17 bits per heavy atom. The van der Waals surface area contributed by atoms with Gasteiger partial charge in [-0.15, -0.1) is 0 Å². The highest BCUT2D eigenvalue weighted by Crippen LogP contribution is 2.22. The zero-order valence-corrected chi connectivity index (χ0v) is 19.8. The van der Waals surface area contributed by atoms with Crippen molar-refractivity contribution in [2.24, 2.45) is 0 Å². The molecule has 0 saturated carbocycles. The van der Waals surface area contributed by atoms with Crippen LogP contribution in [0.2, 0.25) is 0 Å². The van der Waals surface area contributed by atoms with E-state index in [2.05, 4.69) is 24.3 Å². The number of para-hydroxylation sites is 2. The van der Waals surface area contributed by atoms with Crippen molar-refractivity contribution in [3.8, 4) is 11.5 Å². The standard InChI is InChI=1S/C32H30O3/c1-5-13-27(14-6-1)29(21-23-34-31-17-9-3-10-18-31)25-33-26-30(28-15-7-2-8-16-28)22-24-35-32-19-11-4-12-20-32/h1-20,25-26H,21-24H2. The van der Waals surface area contributed by atoms with Gasteiger partial charge in [-0.1, -0.05) is 97.1 Å². The van der Waals surface area contributed by atoms with Crippen LogP contribution in [-0.2, 0) is 4.74 Å². The van der Waals surface area contributed by atoms with Gasteiger partial charge in [0.15, 0.2) is 0 Å². The molecule has 176 valence electrons. The topological polar surface area (TPSA) is 27.7 Å². The highest BCUT2D eigenvalue weighted by molar-refractivity contribution is 5.66. The summed E-state index contributed by atoms with van der Waals surface area (Å²) in [6.45, 7) is 1.13. The summed E-state index contributed by atoms with van der Waals surface area (Å²) in [5.74, 6) is 1.73. The smallest absolute Gasteiger partial charge is 0.119 e. The maximum Gasteiger partial charge on any atom is 0.119 e. The minimum absolute atomic E-state index is 0.564. The van der Waals surface area contributed by atoms with E-state index in [1.807, 2.05) is 110 Å². The summed E-state index contributed by atoms with van der Waals surface area (Å²) in [5, 5.41) is 0. The molecule has 0 atom stereocenters. The Hall–Kier alpha value is -4.24. The van der Waals surface area contributed by atoms with Crippen LogP contribution in [-0.4, -0.2) is 13.2 Å². The Bertz CT molecular complexity index is 1090. The fourth-order valence-electron chi connectivity index (χ4n) is 3.64. The lowest BCUT2D eigenvalue weighted by Gasteiger charge is -2.11. The molecule has 0 N–H and O–H groups in total. The van der Waals surface area contributed by atoms with Crippen molar-refractivity contribution in [2.75, 3.05) is 13.2 Å². The van der Waals surface area contributed by atoms with E-state index in [1.54, 1.807) is 0 Å². The molecule has 0 aliphatic heterocycles. The van der Waals surface area contributed by atoms with Crippen molar-refractivity contribution >= 4 is 11.1 Å². The lowest BCUT2D eigenvalue weighted by molar-refractivity contribution is 0.323. The normalized spacial score (nSPS) is 11.7. The van der Waals surface area contributed by atoms with E-state index in [4.69, 9.17) is 14.2 Å². The molecule has 0 aliphatic carbocycles. The summed E-state index contributed by atoms with van der Waals surface area (Å²) >= 11 is 0. The first-order valence-corrected chi connectivity index (χ1v) is 11.9. The summed E-state index contributed by atoms with van der Waals surface area (Å²) in [6, 6.07) is 40.3. The van der Waals surface area contributed by atoms with Gasteiger partial charge in [-0.25, -0.2) is 0 Å². The third kappa shape index (κ3) is 7.94. The molecule has 0 radical (unpaired) electrons. The maximum atomic E-state index is 6.04. The van der Waals surface area contributed by atoms with E-state index in [0.29, 0.717) is 13.2 Å². The van der Waals surface area contributed by atoms with Gasteiger partial charge >= 0.3 is 0 Å². The van der Waals surface area contributed by atoms with Crippen molar-refractivity contribution in [1.29, 1.82) is 0 Å². The molecule has 0 spiro atoms. The van der Waals surface area contributed by atoms with Crippen molar-refractivity contribution in [1.82, 2.24) is 0 Å². The monoisotopic (exact) mass is 462 g/mol. The summed E-state index contributed by atoms with van der Waals surface area (Å²) in [5.41, 5.74) is 4.38. The second-order valence-corrected chi connectivity index (χ2v) is 7.98. The average Bonchev–Trinajstić information content (AvgIpc) is 2.93. The van der Waals surface area contributed by atoms with E-state index in [9.17, 15) is 0 Å². The van der Waals surface area contributed by atoms with Gasteiger partial charge in [0.1, 0.15) is 11.5 Å². The number of ether oxygens (including phenoxy) is 3. The van der Waals surface area contributed by atoms with E-state index in [1.165, 1.54) is 0 Å². The first kappa shape index (κ1) is 23.9. The number of hydrogen-bond donors (Lipinski definition) is 0. The van der Waals surface area contributed by atoms with E-state index in [0.717, 1.165) is 46.6 Å². The minimum Gasteiger partial charge on any atom is -0.493 e. The molecule has 4 aromatic rings. The van der Waals surface area contributed by atoms with Crippen molar-refractivity contribution < 1.29 is 14.2 Å². The van der Waals surface area contributed by atoms with Crippen LogP contribution in [0.1, 0.15) is 24.0 Å². The highest BCUT2D eigenvalue weighted by atomic mass is 16.5. The highest BCUT2D eigenvalue weighted by Gasteiger charge is 2.06. The molecule has 0 bridgehead atoms. The molecule has 0 heterocycles. The van der Waals surface area contributed by atoms with Crippen LogP contribution in [0.25, 0.3) is 11.1 Å². The van der Waals surface area contributed by atoms with Gasteiger partial charge in [0.05, 0.1) is 25.7 Å². The zero-order valence-electron chi connectivity index (χ0n) is 19.8. The predicted molar refractivity (Wildman–Crippen MR) is 143 cm³/mol. The van der Waals surface area contributed by atoms with Gasteiger partial charge in [0.25, 0.3) is 0 Å². The van der Waals surface area contributed by atoms with Gasteiger partial charge in [0, 0.05) is 12.8 Å². The summed E-state index contributed by atoms with van der Waals surface area (Å²) in [7, 11) is 0. The predicted octanol–water partition coefficient (Wildman–Crippen LogP) is 8.02. The first-order chi connectivity index (χ1) is 17.4. The lowest BCUT2D eigenvalue weighted by Crippen LogP contribution is -2.00. The molecule has 4 aromatic carbocycles. The quantitative estimate of drug-likeness (QED) is 0.200. The molecule has 0 unspecified atom stereocenters. The number of hydrogen-bond acceptors (Lipinski definition) is 3. The molecular formula is C32H30O3. The summed E-state index contributed by atoms with van der Waals surface area (Å²) in [6.07, 6.45) is 5.10. The Kier molecular flexibility index (Phi) is 9.19. The number of benzene rings is 4. The zero-order chi connectivity index (χ0) is 24.0. The fourth-order valence-corrected chi connectivity index (χ4v) is 3.64. The Morgan fingerprint density at radius 1 is 0.457 bits per heavy atom. The van der Waals surface area contributed by atoms with Crippen LogP contribution in [0.15, 0.2) is 134 Å². The molecular weight excluding hydrogens is 432 g/mol. The molecule has 3 nitrogen and oxygen atoms in total.